The lowest BCUT2D eigenvalue weighted by Gasteiger charge is -2.36. The summed E-state index contributed by atoms with van der Waals surface area (Å²) in [5.74, 6) is 0.317. The number of primary amides is 1. The van der Waals surface area contributed by atoms with Crippen LogP contribution in [-0.4, -0.2) is 102 Å². The van der Waals surface area contributed by atoms with Crippen molar-refractivity contribution in [3.63, 3.8) is 0 Å². The lowest BCUT2D eigenvalue weighted by atomic mass is 9.78. The maximum absolute atomic E-state index is 13.9. The quantitative estimate of drug-likeness (QED) is 0.536. The number of ketones is 1. The maximum atomic E-state index is 13.9. The van der Waals surface area contributed by atoms with Gasteiger partial charge in [0.05, 0.1) is 35.7 Å². The first kappa shape index (κ1) is 25.0. The lowest BCUT2D eigenvalue weighted by Crippen LogP contribution is -2.54. The van der Waals surface area contributed by atoms with E-state index in [9.17, 15) is 14.4 Å². The summed E-state index contributed by atoms with van der Waals surface area (Å²) in [5, 5.41) is 11.0. The highest BCUT2D eigenvalue weighted by atomic mass is 16.5. The van der Waals surface area contributed by atoms with E-state index in [1.165, 1.54) is 5.01 Å². The summed E-state index contributed by atoms with van der Waals surface area (Å²) < 4.78 is 5.43. The number of carbonyl (C=O) groups is 3. The van der Waals surface area contributed by atoms with E-state index < -0.39 is 6.03 Å². The predicted molar refractivity (Wildman–Crippen MR) is 141 cm³/mol. The van der Waals surface area contributed by atoms with Crippen molar-refractivity contribution in [2.24, 2.45) is 11.7 Å². The van der Waals surface area contributed by atoms with Crippen LogP contribution >= 0.6 is 0 Å². The number of piperazine rings is 1. The van der Waals surface area contributed by atoms with Gasteiger partial charge in [-0.15, -0.1) is 0 Å². The van der Waals surface area contributed by atoms with Gasteiger partial charge in [0.15, 0.2) is 5.78 Å². The topological polar surface area (TPSA) is 128 Å². The Balaban J connectivity index is 1.21. The number of urea groups is 1. The minimum atomic E-state index is -0.636. The van der Waals surface area contributed by atoms with Gasteiger partial charge in [-0.1, -0.05) is 12.1 Å². The van der Waals surface area contributed by atoms with Crippen molar-refractivity contribution in [3.8, 4) is 11.3 Å². The molecule has 2 aliphatic carbocycles. The van der Waals surface area contributed by atoms with Gasteiger partial charge in [0, 0.05) is 56.7 Å². The first-order chi connectivity index (χ1) is 18.4. The van der Waals surface area contributed by atoms with Gasteiger partial charge in [0.25, 0.3) is 0 Å². The third-order valence-electron chi connectivity index (χ3n) is 8.55. The van der Waals surface area contributed by atoms with Crippen LogP contribution in [0.4, 0.5) is 10.5 Å². The molecule has 0 spiro atoms. The molecule has 11 heteroatoms. The SMILES string of the molecule is CN1CCN(C(=O)C2CCC(c3[nH]nc4c3C(=O)c3c-4cccc3N(C(N)=O)N3CCOCC3)CC2)CC1. The van der Waals surface area contributed by atoms with Gasteiger partial charge >= 0.3 is 6.03 Å². The molecule has 2 saturated heterocycles. The molecule has 11 nitrogen and oxygen atoms in total. The van der Waals surface area contributed by atoms with E-state index in [0.29, 0.717) is 54.4 Å². The number of hydrazine groups is 1. The van der Waals surface area contributed by atoms with Crippen LogP contribution < -0.4 is 10.7 Å². The first-order valence-corrected chi connectivity index (χ1v) is 13.6. The van der Waals surface area contributed by atoms with Crippen LogP contribution in [0.15, 0.2) is 18.2 Å². The summed E-state index contributed by atoms with van der Waals surface area (Å²) >= 11 is 0. The molecule has 4 aliphatic rings. The van der Waals surface area contributed by atoms with E-state index in [-0.39, 0.29) is 23.5 Å². The highest BCUT2D eigenvalue weighted by Gasteiger charge is 2.40. The van der Waals surface area contributed by atoms with Crippen molar-refractivity contribution < 1.29 is 19.1 Å². The summed E-state index contributed by atoms with van der Waals surface area (Å²) in [4.78, 5) is 43.8. The van der Waals surface area contributed by atoms with E-state index in [1.807, 2.05) is 22.0 Å². The number of rotatable bonds is 4. The molecule has 2 aliphatic heterocycles. The van der Waals surface area contributed by atoms with E-state index in [1.54, 1.807) is 6.07 Å². The summed E-state index contributed by atoms with van der Waals surface area (Å²) in [6, 6.07) is 4.83. The zero-order chi connectivity index (χ0) is 26.4. The Labute approximate surface area is 221 Å². The number of aromatic nitrogens is 2. The normalized spacial score (nSPS) is 24.2. The minimum Gasteiger partial charge on any atom is -0.379 e. The molecule has 0 unspecified atom stereocenters. The van der Waals surface area contributed by atoms with Crippen LogP contribution in [0.5, 0.6) is 0 Å². The molecule has 0 radical (unpaired) electrons. The number of ether oxygens (including phenoxy) is 1. The molecule has 1 aromatic heterocycles. The van der Waals surface area contributed by atoms with E-state index in [0.717, 1.165) is 57.6 Å². The van der Waals surface area contributed by atoms with Crippen molar-refractivity contribution in [3.05, 3.63) is 35.0 Å². The fourth-order valence-electron chi connectivity index (χ4n) is 6.43. The number of amides is 3. The zero-order valence-corrected chi connectivity index (χ0v) is 21.8. The molecule has 0 atom stereocenters. The Kier molecular flexibility index (Phi) is 6.67. The Morgan fingerprint density at radius 3 is 2.42 bits per heavy atom. The molecule has 6 rings (SSSR count). The predicted octanol–water partition coefficient (Wildman–Crippen LogP) is 1.80. The molecule has 2 aromatic rings. The number of benzene rings is 1. The van der Waals surface area contributed by atoms with Gasteiger partial charge in [-0.2, -0.15) is 5.10 Å². The lowest BCUT2D eigenvalue weighted by molar-refractivity contribution is -0.138. The number of nitrogens with zero attached hydrogens (tertiary/aromatic N) is 5. The Bertz CT molecular complexity index is 1240. The first-order valence-electron chi connectivity index (χ1n) is 13.6. The highest BCUT2D eigenvalue weighted by Crippen LogP contribution is 2.46. The third-order valence-corrected chi connectivity index (χ3v) is 8.55. The second kappa shape index (κ2) is 10.1. The fraction of sp³-hybridized carbons (Fsp3) is 0.556. The van der Waals surface area contributed by atoms with Crippen LogP contribution in [0.25, 0.3) is 11.3 Å². The molecule has 202 valence electrons. The van der Waals surface area contributed by atoms with Gasteiger partial charge in [0.1, 0.15) is 5.69 Å². The number of carbonyl (C=O) groups excluding carboxylic acids is 3. The average Bonchev–Trinajstić information content (AvgIpc) is 3.49. The summed E-state index contributed by atoms with van der Waals surface area (Å²) in [6.07, 6.45) is 3.28. The molecular weight excluding hydrogens is 486 g/mol. The fourth-order valence-corrected chi connectivity index (χ4v) is 6.43. The van der Waals surface area contributed by atoms with Crippen molar-refractivity contribution in [1.82, 2.24) is 25.0 Å². The van der Waals surface area contributed by atoms with E-state index in [2.05, 4.69) is 22.1 Å². The molecule has 38 heavy (non-hydrogen) atoms. The van der Waals surface area contributed by atoms with E-state index >= 15 is 0 Å². The molecule has 3 fully saturated rings. The second-order valence-corrected chi connectivity index (χ2v) is 10.8. The smallest absolute Gasteiger partial charge is 0.334 e. The molecule has 1 aromatic carbocycles. The van der Waals surface area contributed by atoms with E-state index in [4.69, 9.17) is 10.5 Å². The van der Waals surface area contributed by atoms with Crippen molar-refractivity contribution in [2.45, 2.75) is 31.6 Å². The van der Waals surface area contributed by atoms with Crippen LogP contribution in [-0.2, 0) is 9.53 Å². The highest BCUT2D eigenvalue weighted by molar-refractivity contribution is 6.25. The number of H-pyrrole nitrogens is 1. The monoisotopic (exact) mass is 521 g/mol. The van der Waals surface area contributed by atoms with Gasteiger partial charge in [-0.25, -0.2) is 14.8 Å². The van der Waals surface area contributed by atoms with Crippen molar-refractivity contribution in [2.75, 3.05) is 64.5 Å². The van der Waals surface area contributed by atoms with Crippen LogP contribution in [0.3, 0.4) is 0 Å². The maximum Gasteiger partial charge on any atom is 0.334 e. The van der Waals surface area contributed by atoms with Gasteiger partial charge in [-0.05, 0) is 38.8 Å². The standard InChI is InChI=1S/C27H35N7O4/c1-31-9-11-32(12-10-31)26(36)18-7-5-17(6-8-18)23-22-24(30-29-23)19-3-2-4-20(21(19)25(22)35)34(27(28)37)33-13-15-38-16-14-33/h2-4,17-18H,5-16H2,1H3,(H2,28,37)(H,29,30). The van der Waals surface area contributed by atoms with Gasteiger partial charge in [0.2, 0.25) is 5.91 Å². The number of likely N-dealkylation sites (N-methyl/N-ethyl adjacent to an activating group) is 1. The minimum absolute atomic E-state index is 0.0442. The number of aromatic amines is 1. The third kappa shape index (κ3) is 4.28. The number of nitrogens with one attached hydrogen (secondary N) is 1. The number of morpholine rings is 1. The molecule has 0 bridgehead atoms. The molecule has 3 heterocycles. The van der Waals surface area contributed by atoms with Gasteiger partial charge in [-0.3, -0.25) is 14.7 Å². The number of hydrogen-bond acceptors (Lipinski definition) is 7. The number of nitrogens with two attached hydrogens (primary N) is 1. The van der Waals surface area contributed by atoms with Crippen LogP contribution in [0, 0.1) is 5.92 Å². The summed E-state index contributed by atoms with van der Waals surface area (Å²) in [5.41, 5.74) is 9.52. The second-order valence-electron chi connectivity index (χ2n) is 10.8. The molecular formula is C27H35N7O4. The number of hydrogen-bond donors (Lipinski definition) is 2. The molecule has 1 saturated carbocycles. The zero-order valence-electron chi connectivity index (χ0n) is 21.8. The summed E-state index contributed by atoms with van der Waals surface area (Å²) in [6.45, 7) is 5.42. The Hall–Kier alpha value is -3.28. The molecule has 3 N–H and O–H groups in total. The number of fused-ring (bicyclic) bond motifs is 3. The van der Waals surface area contributed by atoms with Gasteiger partial charge < -0.3 is 20.3 Å². The van der Waals surface area contributed by atoms with Crippen molar-refractivity contribution >= 4 is 23.4 Å². The average molecular weight is 522 g/mol. The number of anilines is 1. The van der Waals surface area contributed by atoms with Crippen LogP contribution in [0.2, 0.25) is 0 Å². The van der Waals surface area contributed by atoms with Crippen molar-refractivity contribution in [1.29, 1.82) is 0 Å². The Morgan fingerprint density at radius 2 is 1.74 bits per heavy atom. The summed E-state index contributed by atoms with van der Waals surface area (Å²) in [7, 11) is 2.09. The Morgan fingerprint density at radius 1 is 1.03 bits per heavy atom. The molecule has 3 amide bonds. The largest absolute Gasteiger partial charge is 0.379 e. The van der Waals surface area contributed by atoms with Crippen LogP contribution in [0.1, 0.15) is 53.2 Å².